The van der Waals surface area contributed by atoms with Gasteiger partial charge in [-0.05, 0) is 37.1 Å². The quantitative estimate of drug-likeness (QED) is 0.691. The van der Waals surface area contributed by atoms with Gasteiger partial charge in [-0.15, -0.1) is 0 Å². The molecule has 0 radical (unpaired) electrons. The van der Waals surface area contributed by atoms with E-state index in [-0.39, 0.29) is 23.0 Å². The molecule has 0 saturated heterocycles. The van der Waals surface area contributed by atoms with E-state index in [0.717, 1.165) is 11.1 Å². The Balaban J connectivity index is 2.15. The Kier molecular flexibility index (Phi) is 7.44. The first kappa shape index (κ1) is 23.6. The summed E-state index contributed by atoms with van der Waals surface area (Å²) in [5, 5.41) is 2.82. The highest BCUT2D eigenvalue weighted by Crippen LogP contribution is 2.20. The maximum absolute atomic E-state index is 12.8. The summed E-state index contributed by atoms with van der Waals surface area (Å²) in [5.41, 5.74) is 2.92. The Morgan fingerprint density at radius 1 is 1.13 bits per heavy atom. The SMILES string of the molecule is CCN(CC)S(=O)(=O)c1cc(C(=O)N(C)CC(=O)Nc2cccc(C)c2C)n(C)c1. The number of nitrogens with zero attached hydrogens (tertiary/aromatic N) is 3. The third-order valence-electron chi connectivity index (χ3n) is 5.15. The molecule has 2 aromatic rings. The lowest BCUT2D eigenvalue weighted by Gasteiger charge is -2.18. The maximum Gasteiger partial charge on any atom is 0.270 e. The van der Waals surface area contributed by atoms with Crippen molar-refractivity contribution >= 4 is 27.5 Å². The van der Waals surface area contributed by atoms with Crippen molar-refractivity contribution in [2.24, 2.45) is 7.05 Å². The van der Waals surface area contributed by atoms with Gasteiger partial charge in [0.05, 0.1) is 6.54 Å². The van der Waals surface area contributed by atoms with Gasteiger partial charge in [0.15, 0.2) is 0 Å². The maximum atomic E-state index is 12.8. The third kappa shape index (κ3) is 4.91. The standard InChI is InChI=1S/C21H30N4O4S/c1-7-25(8-2)30(28,29)17-12-19(23(5)13-17)21(27)24(6)14-20(26)22-18-11-9-10-15(3)16(18)4/h9-13H,7-8,14H2,1-6H3,(H,22,26). The molecule has 2 rings (SSSR count). The van der Waals surface area contributed by atoms with Gasteiger partial charge < -0.3 is 14.8 Å². The number of aryl methyl sites for hydroxylation is 2. The smallest absolute Gasteiger partial charge is 0.270 e. The fourth-order valence-electron chi connectivity index (χ4n) is 3.16. The van der Waals surface area contributed by atoms with Crippen molar-refractivity contribution in [1.29, 1.82) is 0 Å². The average Bonchev–Trinajstić information content (AvgIpc) is 3.08. The van der Waals surface area contributed by atoms with Gasteiger partial charge in [-0.3, -0.25) is 9.59 Å². The number of anilines is 1. The van der Waals surface area contributed by atoms with Crippen LogP contribution in [0.25, 0.3) is 0 Å². The molecule has 164 valence electrons. The molecule has 0 aliphatic carbocycles. The molecule has 0 aliphatic rings. The van der Waals surface area contributed by atoms with Gasteiger partial charge in [0.2, 0.25) is 15.9 Å². The Hall–Kier alpha value is -2.65. The van der Waals surface area contributed by atoms with E-state index in [2.05, 4.69) is 5.32 Å². The number of hydrogen-bond donors (Lipinski definition) is 1. The molecule has 8 nitrogen and oxygen atoms in total. The van der Waals surface area contributed by atoms with Crippen LogP contribution in [0.4, 0.5) is 5.69 Å². The highest BCUT2D eigenvalue weighted by atomic mass is 32.2. The van der Waals surface area contributed by atoms with Crippen molar-refractivity contribution in [3.05, 3.63) is 47.3 Å². The predicted molar refractivity (Wildman–Crippen MR) is 117 cm³/mol. The second-order valence-corrected chi connectivity index (χ2v) is 9.16. The van der Waals surface area contributed by atoms with Crippen molar-refractivity contribution < 1.29 is 18.0 Å². The Morgan fingerprint density at radius 3 is 2.37 bits per heavy atom. The first-order valence-electron chi connectivity index (χ1n) is 9.80. The summed E-state index contributed by atoms with van der Waals surface area (Å²) in [6.45, 7) is 7.93. The summed E-state index contributed by atoms with van der Waals surface area (Å²) in [6.07, 6.45) is 1.42. The summed E-state index contributed by atoms with van der Waals surface area (Å²) < 4.78 is 28.2. The molecule has 1 heterocycles. The minimum Gasteiger partial charge on any atom is -0.345 e. The van der Waals surface area contributed by atoms with Crippen LogP contribution >= 0.6 is 0 Å². The number of hydrogen-bond acceptors (Lipinski definition) is 4. The molecule has 0 unspecified atom stereocenters. The second-order valence-electron chi connectivity index (χ2n) is 7.22. The van der Waals surface area contributed by atoms with Crippen LogP contribution < -0.4 is 5.32 Å². The van der Waals surface area contributed by atoms with E-state index in [1.165, 1.54) is 33.1 Å². The fourth-order valence-corrected chi connectivity index (χ4v) is 4.69. The van der Waals surface area contributed by atoms with Gasteiger partial charge in [-0.2, -0.15) is 4.31 Å². The Morgan fingerprint density at radius 2 is 1.77 bits per heavy atom. The molecule has 0 aliphatic heterocycles. The molecule has 0 fully saturated rings. The number of carbonyl (C=O) groups is 2. The summed E-state index contributed by atoms with van der Waals surface area (Å²) in [6, 6.07) is 6.98. The Bertz CT molecular complexity index is 1040. The molecular formula is C21H30N4O4S. The van der Waals surface area contributed by atoms with Crippen LogP contribution in [0.1, 0.15) is 35.5 Å². The zero-order valence-corrected chi connectivity index (χ0v) is 19.2. The number of amides is 2. The normalized spacial score (nSPS) is 11.6. The largest absolute Gasteiger partial charge is 0.345 e. The zero-order chi connectivity index (χ0) is 22.6. The van der Waals surface area contributed by atoms with Crippen LogP contribution in [0, 0.1) is 13.8 Å². The van der Waals surface area contributed by atoms with E-state index in [9.17, 15) is 18.0 Å². The molecule has 9 heteroatoms. The molecule has 1 aromatic heterocycles. The molecule has 0 saturated carbocycles. The van der Waals surface area contributed by atoms with Crippen LogP contribution in [0.15, 0.2) is 35.4 Å². The van der Waals surface area contributed by atoms with Crippen LogP contribution in [-0.2, 0) is 21.9 Å². The van der Waals surface area contributed by atoms with Gasteiger partial charge in [-0.1, -0.05) is 26.0 Å². The molecule has 0 atom stereocenters. The molecular weight excluding hydrogens is 404 g/mol. The van der Waals surface area contributed by atoms with E-state index >= 15 is 0 Å². The molecule has 30 heavy (non-hydrogen) atoms. The molecule has 0 bridgehead atoms. The first-order valence-corrected chi connectivity index (χ1v) is 11.2. The Labute approximate surface area is 178 Å². The number of benzene rings is 1. The minimum atomic E-state index is -3.67. The summed E-state index contributed by atoms with van der Waals surface area (Å²) >= 11 is 0. The lowest BCUT2D eigenvalue weighted by atomic mass is 10.1. The number of sulfonamides is 1. The first-order chi connectivity index (χ1) is 14.0. The summed E-state index contributed by atoms with van der Waals surface area (Å²) in [4.78, 5) is 26.6. The van der Waals surface area contributed by atoms with Gasteiger partial charge >= 0.3 is 0 Å². The van der Waals surface area contributed by atoms with Crippen LogP contribution in [0.2, 0.25) is 0 Å². The van der Waals surface area contributed by atoms with E-state index in [1.807, 2.05) is 32.0 Å². The number of aromatic nitrogens is 1. The zero-order valence-electron chi connectivity index (χ0n) is 18.4. The van der Waals surface area contributed by atoms with Crippen molar-refractivity contribution in [2.75, 3.05) is 32.0 Å². The van der Waals surface area contributed by atoms with Crippen molar-refractivity contribution in [3.63, 3.8) is 0 Å². The van der Waals surface area contributed by atoms with Gasteiger partial charge in [-0.25, -0.2) is 8.42 Å². The summed E-state index contributed by atoms with van der Waals surface area (Å²) in [7, 11) is -0.552. The lowest BCUT2D eigenvalue weighted by Crippen LogP contribution is -2.35. The predicted octanol–water partition coefficient (Wildman–Crippen LogP) is 2.38. The van der Waals surface area contributed by atoms with Crippen LogP contribution in [0.3, 0.4) is 0 Å². The number of rotatable bonds is 8. The average molecular weight is 435 g/mol. The van der Waals surface area contributed by atoms with Crippen molar-refractivity contribution in [2.45, 2.75) is 32.6 Å². The fraction of sp³-hybridized carbons (Fsp3) is 0.429. The molecule has 1 aromatic carbocycles. The van der Waals surface area contributed by atoms with Gasteiger partial charge in [0, 0.05) is 39.1 Å². The van der Waals surface area contributed by atoms with Crippen molar-refractivity contribution in [1.82, 2.24) is 13.8 Å². The number of carbonyl (C=O) groups excluding carboxylic acids is 2. The van der Waals surface area contributed by atoms with Crippen LogP contribution in [-0.4, -0.2) is 60.7 Å². The highest BCUT2D eigenvalue weighted by molar-refractivity contribution is 7.89. The van der Waals surface area contributed by atoms with E-state index in [4.69, 9.17) is 0 Å². The van der Waals surface area contributed by atoms with E-state index in [1.54, 1.807) is 20.9 Å². The van der Waals surface area contributed by atoms with E-state index < -0.39 is 15.9 Å². The van der Waals surface area contributed by atoms with Crippen LogP contribution in [0.5, 0.6) is 0 Å². The van der Waals surface area contributed by atoms with Crippen molar-refractivity contribution in [3.8, 4) is 0 Å². The molecule has 0 spiro atoms. The third-order valence-corrected chi connectivity index (χ3v) is 7.16. The molecule has 2 amide bonds. The van der Waals surface area contributed by atoms with E-state index in [0.29, 0.717) is 18.8 Å². The minimum absolute atomic E-state index is 0.0605. The summed E-state index contributed by atoms with van der Waals surface area (Å²) in [5.74, 6) is -0.764. The highest BCUT2D eigenvalue weighted by Gasteiger charge is 2.26. The molecule has 1 N–H and O–H groups in total. The second kappa shape index (κ2) is 9.44. The lowest BCUT2D eigenvalue weighted by molar-refractivity contribution is -0.116. The van der Waals surface area contributed by atoms with Gasteiger partial charge in [0.1, 0.15) is 10.6 Å². The number of likely N-dealkylation sites (N-methyl/N-ethyl adjacent to an activating group) is 1. The topological polar surface area (TPSA) is 91.7 Å². The van der Waals surface area contributed by atoms with Gasteiger partial charge in [0.25, 0.3) is 5.91 Å². The monoisotopic (exact) mass is 434 g/mol. The number of nitrogens with one attached hydrogen (secondary N) is 1.